The predicted octanol–water partition coefficient (Wildman–Crippen LogP) is 2.87. The fraction of sp³-hybridized carbons (Fsp3) is 0.235. The fourth-order valence-corrected chi connectivity index (χ4v) is 4.62. The second kappa shape index (κ2) is 7.22. The summed E-state index contributed by atoms with van der Waals surface area (Å²) in [4.78, 5) is 3.92. The van der Waals surface area contributed by atoms with Crippen molar-refractivity contribution in [3.05, 3.63) is 54.4 Å². The Labute approximate surface area is 161 Å². The Balaban J connectivity index is 1.95. The molecule has 0 bridgehead atoms. The standard InChI is InChI=1S/C17H17F2N3O4S2/c1-11(16-20-14-5-3-4-6-15(14)22(16)17(18)19)21-28(25,26)13-9-7-12(8-10-13)27(2,23)24/h3-11,17,21H,1-2H3/t11-/m0/s1. The van der Waals surface area contributed by atoms with Crippen LogP contribution < -0.4 is 4.72 Å². The number of sulfonamides is 1. The average Bonchev–Trinajstić information content (AvgIpc) is 3.00. The molecule has 28 heavy (non-hydrogen) atoms. The zero-order chi connectivity index (χ0) is 20.7. The van der Waals surface area contributed by atoms with E-state index < -0.39 is 32.5 Å². The predicted molar refractivity (Wildman–Crippen MR) is 99.3 cm³/mol. The molecule has 0 spiro atoms. The van der Waals surface area contributed by atoms with Crippen molar-refractivity contribution in [1.29, 1.82) is 0 Å². The van der Waals surface area contributed by atoms with Crippen molar-refractivity contribution < 1.29 is 25.6 Å². The van der Waals surface area contributed by atoms with Crippen molar-refractivity contribution in [3.8, 4) is 0 Å². The summed E-state index contributed by atoms with van der Waals surface area (Å²) in [7, 11) is -7.57. The number of alkyl halides is 2. The first-order chi connectivity index (χ1) is 13.0. The molecule has 0 saturated carbocycles. The first-order valence-corrected chi connectivity index (χ1v) is 11.5. The van der Waals surface area contributed by atoms with E-state index in [9.17, 15) is 25.6 Å². The van der Waals surface area contributed by atoms with Crippen LogP contribution in [0.15, 0.2) is 58.3 Å². The molecule has 0 amide bonds. The van der Waals surface area contributed by atoms with Crippen LogP contribution in [0, 0.1) is 0 Å². The monoisotopic (exact) mass is 429 g/mol. The van der Waals surface area contributed by atoms with Crippen LogP contribution >= 0.6 is 0 Å². The minimum Gasteiger partial charge on any atom is -0.269 e. The van der Waals surface area contributed by atoms with Gasteiger partial charge in [-0.2, -0.15) is 8.78 Å². The lowest BCUT2D eigenvalue weighted by molar-refractivity contribution is 0.0702. The first kappa shape index (κ1) is 20.4. The average molecular weight is 429 g/mol. The van der Waals surface area contributed by atoms with E-state index in [1.165, 1.54) is 25.1 Å². The van der Waals surface area contributed by atoms with Gasteiger partial charge in [-0.25, -0.2) is 26.5 Å². The van der Waals surface area contributed by atoms with Gasteiger partial charge in [0, 0.05) is 6.26 Å². The van der Waals surface area contributed by atoms with Crippen LogP contribution in [0.1, 0.15) is 25.3 Å². The van der Waals surface area contributed by atoms with Crippen molar-refractivity contribution in [2.45, 2.75) is 29.3 Å². The minimum atomic E-state index is -4.09. The topological polar surface area (TPSA) is 98.1 Å². The number of aromatic nitrogens is 2. The van der Waals surface area contributed by atoms with Crippen LogP contribution in [0.3, 0.4) is 0 Å². The van der Waals surface area contributed by atoms with Gasteiger partial charge < -0.3 is 0 Å². The van der Waals surface area contributed by atoms with Gasteiger partial charge in [0.2, 0.25) is 10.0 Å². The molecule has 0 fully saturated rings. The summed E-state index contributed by atoms with van der Waals surface area (Å²) in [6.07, 6.45) is 1.01. The zero-order valence-electron chi connectivity index (χ0n) is 14.9. The number of hydrogen-bond acceptors (Lipinski definition) is 5. The van der Waals surface area contributed by atoms with Crippen LogP contribution in [-0.4, -0.2) is 32.6 Å². The van der Waals surface area contributed by atoms with Crippen LogP contribution in [0.25, 0.3) is 11.0 Å². The summed E-state index contributed by atoms with van der Waals surface area (Å²) < 4.78 is 78.3. The number of halogens is 2. The highest BCUT2D eigenvalue weighted by Gasteiger charge is 2.26. The van der Waals surface area contributed by atoms with Gasteiger partial charge in [-0.05, 0) is 43.3 Å². The van der Waals surface area contributed by atoms with E-state index >= 15 is 0 Å². The molecule has 0 radical (unpaired) electrons. The molecule has 2 aromatic carbocycles. The Morgan fingerprint density at radius 3 is 2.11 bits per heavy atom. The summed E-state index contributed by atoms with van der Waals surface area (Å²) >= 11 is 0. The summed E-state index contributed by atoms with van der Waals surface area (Å²) in [5.41, 5.74) is 0.511. The number of benzene rings is 2. The van der Waals surface area contributed by atoms with Crippen molar-refractivity contribution in [1.82, 2.24) is 14.3 Å². The third-order valence-electron chi connectivity index (χ3n) is 4.10. The third kappa shape index (κ3) is 3.91. The molecular formula is C17H17F2N3O4S2. The number of nitrogens with one attached hydrogen (secondary N) is 1. The Bertz CT molecular complexity index is 1220. The highest BCUT2D eigenvalue weighted by atomic mass is 32.2. The summed E-state index contributed by atoms with van der Waals surface area (Å²) in [5, 5.41) is 0. The van der Waals surface area contributed by atoms with Gasteiger partial charge in [-0.1, -0.05) is 12.1 Å². The third-order valence-corrected chi connectivity index (χ3v) is 6.78. The lowest BCUT2D eigenvalue weighted by atomic mass is 10.3. The molecular weight excluding hydrogens is 412 g/mol. The highest BCUT2D eigenvalue weighted by Crippen LogP contribution is 2.27. The minimum absolute atomic E-state index is 0.0287. The van der Waals surface area contributed by atoms with E-state index in [0.29, 0.717) is 10.1 Å². The van der Waals surface area contributed by atoms with Crippen molar-refractivity contribution >= 4 is 30.9 Å². The second-order valence-electron chi connectivity index (χ2n) is 6.19. The van der Waals surface area contributed by atoms with Gasteiger partial charge in [0.15, 0.2) is 9.84 Å². The Hall–Kier alpha value is -2.37. The second-order valence-corrected chi connectivity index (χ2v) is 9.92. The number of hydrogen-bond donors (Lipinski definition) is 1. The van der Waals surface area contributed by atoms with Crippen molar-refractivity contribution in [2.75, 3.05) is 6.26 Å². The van der Waals surface area contributed by atoms with Gasteiger partial charge in [-0.15, -0.1) is 0 Å². The maximum absolute atomic E-state index is 13.6. The molecule has 0 aliphatic heterocycles. The smallest absolute Gasteiger partial charge is 0.269 e. The molecule has 11 heteroatoms. The molecule has 0 unspecified atom stereocenters. The van der Waals surface area contributed by atoms with E-state index in [0.717, 1.165) is 18.4 Å². The number of fused-ring (bicyclic) bond motifs is 1. The van der Waals surface area contributed by atoms with E-state index in [4.69, 9.17) is 0 Å². The highest BCUT2D eigenvalue weighted by molar-refractivity contribution is 7.90. The first-order valence-electron chi connectivity index (χ1n) is 8.08. The molecule has 1 atom stereocenters. The molecule has 150 valence electrons. The van der Waals surface area contributed by atoms with Crippen LogP contribution in [-0.2, 0) is 19.9 Å². The lowest BCUT2D eigenvalue weighted by Gasteiger charge is -2.16. The normalized spacial score (nSPS) is 13.9. The van der Waals surface area contributed by atoms with E-state index in [-0.39, 0.29) is 21.1 Å². The SMILES string of the molecule is C[C@H](NS(=O)(=O)c1ccc(S(C)(=O)=O)cc1)c1nc2ccccc2n1C(F)F. The molecule has 3 aromatic rings. The van der Waals surface area contributed by atoms with E-state index in [2.05, 4.69) is 9.71 Å². The Morgan fingerprint density at radius 2 is 1.54 bits per heavy atom. The van der Waals surface area contributed by atoms with Crippen LogP contribution in [0.2, 0.25) is 0 Å². The number of para-hydroxylation sites is 2. The van der Waals surface area contributed by atoms with Gasteiger partial charge in [0.05, 0.1) is 26.9 Å². The number of nitrogens with zero attached hydrogens (tertiary/aromatic N) is 2. The Morgan fingerprint density at radius 1 is 0.964 bits per heavy atom. The van der Waals surface area contributed by atoms with Crippen molar-refractivity contribution in [3.63, 3.8) is 0 Å². The molecule has 7 nitrogen and oxygen atoms in total. The van der Waals surface area contributed by atoms with Gasteiger partial charge in [-0.3, -0.25) is 4.57 Å². The van der Waals surface area contributed by atoms with Gasteiger partial charge in [0.1, 0.15) is 5.82 Å². The van der Waals surface area contributed by atoms with Gasteiger partial charge in [0.25, 0.3) is 0 Å². The molecule has 1 heterocycles. The quantitative estimate of drug-likeness (QED) is 0.650. The molecule has 1 aromatic heterocycles. The molecule has 0 saturated heterocycles. The van der Waals surface area contributed by atoms with Gasteiger partial charge >= 0.3 is 6.55 Å². The maximum atomic E-state index is 13.6. The number of sulfone groups is 1. The number of rotatable bonds is 6. The van der Waals surface area contributed by atoms with Crippen molar-refractivity contribution in [2.24, 2.45) is 0 Å². The largest absolute Gasteiger partial charge is 0.320 e. The number of imidazole rings is 1. The van der Waals surface area contributed by atoms with Crippen LogP contribution in [0.5, 0.6) is 0 Å². The molecule has 1 N–H and O–H groups in total. The summed E-state index contributed by atoms with van der Waals surface area (Å²) in [6, 6.07) is 9.83. The summed E-state index contributed by atoms with van der Waals surface area (Å²) in [6.45, 7) is -1.49. The maximum Gasteiger partial charge on any atom is 0.320 e. The molecule has 0 aliphatic rings. The zero-order valence-corrected chi connectivity index (χ0v) is 16.5. The summed E-state index contributed by atoms with van der Waals surface area (Å²) in [5.74, 6) is -0.132. The molecule has 0 aliphatic carbocycles. The van der Waals surface area contributed by atoms with Crippen LogP contribution in [0.4, 0.5) is 8.78 Å². The van der Waals surface area contributed by atoms with E-state index in [1.54, 1.807) is 18.2 Å². The van der Waals surface area contributed by atoms with E-state index in [1.807, 2.05) is 0 Å². The lowest BCUT2D eigenvalue weighted by Crippen LogP contribution is -2.29. The molecule has 3 rings (SSSR count). The Kier molecular flexibility index (Phi) is 5.26. The fourth-order valence-electron chi connectivity index (χ4n) is 2.79.